The zero-order valence-electron chi connectivity index (χ0n) is 20.2. The van der Waals surface area contributed by atoms with Crippen molar-refractivity contribution in [3.63, 3.8) is 0 Å². The number of nitrogens with one attached hydrogen (secondary N) is 1. The summed E-state index contributed by atoms with van der Waals surface area (Å²) < 4.78 is 6.47. The second-order valence-corrected chi connectivity index (χ2v) is 10.1. The summed E-state index contributed by atoms with van der Waals surface area (Å²) in [7, 11) is 3.96. The van der Waals surface area contributed by atoms with E-state index in [1.165, 1.54) is 5.57 Å². The Morgan fingerprint density at radius 3 is 2.74 bits per heavy atom. The Morgan fingerprint density at radius 1 is 1.32 bits per heavy atom. The van der Waals surface area contributed by atoms with Crippen molar-refractivity contribution in [1.82, 2.24) is 10.2 Å². The van der Waals surface area contributed by atoms with E-state index in [-0.39, 0.29) is 29.1 Å². The summed E-state index contributed by atoms with van der Waals surface area (Å²) in [4.78, 5) is 15.2. The molecule has 1 amide bonds. The number of allylic oxidation sites excluding steroid dienone is 2. The number of aromatic hydroxyl groups is 1. The maximum atomic E-state index is 13.2. The lowest BCUT2D eigenvalue weighted by atomic mass is 9.67. The van der Waals surface area contributed by atoms with Gasteiger partial charge in [0, 0.05) is 30.5 Å². The third kappa shape index (κ3) is 5.08. The first-order chi connectivity index (χ1) is 14.7. The Hall–Kier alpha value is -2.01. The number of nitrogens with zero attached hydrogens (tertiary/aromatic N) is 1. The molecule has 0 bridgehead atoms. The van der Waals surface area contributed by atoms with E-state index in [0.29, 0.717) is 12.1 Å². The molecule has 0 saturated carbocycles. The molecule has 0 spiro atoms. The molecule has 1 aromatic rings. The fraction of sp³-hybridized carbons (Fsp3) is 0.654. The van der Waals surface area contributed by atoms with Crippen LogP contribution in [0.2, 0.25) is 0 Å². The van der Waals surface area contributed by atoms with Crippen molar-refractivity contribution >= 4 is 5.91 Å². The van der Waals surface area contributed by atoms with Crippen molar-refractivity contribution in [2.45, 2.75) is 77.7 Å². The standard InChI is InChI=1S/C26H40N2O3/c1-7-8-9-10-18-16-21-23(24(29)22(18)25(30)27-13-14-28(5)6)19-15-17(2)11-12-20(19)26(3,4)31-21/h15-16,19-20,29H,7-14H2,1-6H3,(H,27,30)/t19-,20-/m1/s1. The molecule has 1 aliphatic heterocycles. The lowest BCUT2D eigenvalue weighted by Gasteiger charge is -2.46. The highest BCUT2D eigenvalue weighted by Crippen LogP contribution is 2.54. The van der Waals surface area contributed by atoms with Crippen molar-refractivity contribution in [2.24, 2.45) is 5.92 Å². The van der Waals surface area contributed by atoms with Crippen molar-refractivity contribution < 1.29 is 14.6 Å². The number of phenols is 1. The van der Waals surface area contributed by atoms with Crippen LogP contribution in [-0.2, 0) is 6.42 Å². The van der Waals surface area contributed by atoms with Crippen LogP contribution in [0.5, 0.6) is 11.5 Å². The van der Waals surface area contributed by atoms with Crippen LogP contribution in [0.25, 0.3) is 0 Å². The van der Waals surface area contributed by atoms with Crippen LogP contribution >= 0.6 is 0 Å². The van der Waals surface area contributed by atoms with Gasteiger partial charge in [0.15, 0.2) is 0 Å². The number of ether oxygens (including phenoxy) is 1. The molecule has 2 aliphatic rings. The van der Waals surface area contributed by atoms with E-state index in [1.54, 1.807) is 0 Å². The molecule has 1 aromatic carbocycles. The van der Waals surface area contributed by atoms with Gasteiger partial charge in [0.1, 0.15) is 17.1 Å². The monoisotopic (exact) mass is 428 g/mol. The van der Waals surface area contributed by atoms with Gasteiger partial charge in [0.2, 0.25) is 0 Å². The number of phenolic OH excluding ortho intramolecular Hbond substituents is 1. The number of hydrogen-bond acceptors (Lipinski definition) is 4. The predicted octanol–water partition coefficient (Wildman–Crippen LogP) is 5.03. The van der Waals surface area contributed by atoms with Gasteiger partial charge < -0.3 is 20.1 Å². The lowest BCUT2D eigenvalue weighted by molar-refractivity contribution is 0.0107. The van der Waals surface area contributed by atoms with Gasteiger partial charge in [-0.25, -0.2) is 0 Å². The number of likely N-dealkylation sites (N-methyl/N-ethyl adjacent to an activating group) is 1. The number of aryl methyl sites for hydroxylation is 1. The van der Waals surface area contributed by atoms with Gasteiger partial charge in [-0.1, -0.05) is 31.4 Å². The highest BCUT2D eigenvalue weighted by atomic mass is 16.5. The third-order valence-corrected chi connectivity index (χ3v) is 6.85. The summed E-state index contributed by atoms with van der Waals surface area (Å²) in [6, 6.07) is 2.03. The molecule has 0 aromatic heterocycles. The van der Waals surface area contributed by atoms with E-state index >= 15 is 0 Å². The molecule has 172 valence electrons. The van der Waals surface area contributed by atoms with Gasteiger partial charge in [0.25, 0.3) is 5.91 Å². The minimum atomic E-state index is -0.308. The van der Waals surface area contributed by atoms with Crippen LogP contribution in [0.4, 0.5) is 0 Å². The fourth-order valence-corrected chi connectivity index (χ4v) is 5.11. The SMILES string of the molecule is CCCCCc1cc2c(c(O)c1C(=O)NCCN(C)C)[C@@H]1C=C(C)CC[C@H]1C(C)(C)O2. The van der Waals surface area contributed by atoms with Crippen LogP contribution in [0, 0.1) is 5.92 Å². The van der Waals surface area contributed by atoms with E-state index in [9.17, 15) is 9.90 Å². The second-order valence-electron chi connectivity index (χ2n) is 10.1. The highest BCUT2D eigenvalue weighted by Gasteiger charge is 2.46. The van der Waals surface area contributed by atoms with E-state index in [4.69, 9.17) is 4.74 Å². The number of hydrogen-bond donors (Lipinski definition) is 2. The van der Waals surface area contributed by atoms with E-state index in [1.807, 2.05) is 25.1 Å². The van der Waals surface area contributed by atoms with Gasteiger partial charge in [-0.3, -0.25) is 4.79 Å². The molecule has 2 N–H and O–H groups in total. The lowest BCUT2D eigenvalue weighted by Crippen LogP contribution is -2.45. The van der Waals surface area contributed by atoms with Gasteiger partial charge in [-0.05, 0) is 72.2 Å². The Labute approximate surface area is 187 Å². The number of amides is 1. The number of carbonyl (C=O) groups excluding carboxylic acids is 1. The van der Waals surface area contributed by atoms with E-state index < -0.39 is 0 Å². The molecule has 0 radical (unpaired) electrons. The van der Waals surface area contributed by atoms with Crippen LogP contribution < -0.4 is 10.1 Å². The van der Waals surface area contributed by atoms with Gasteiger partial charge in [0.05, 0.1) is 5.56 Å². The van der Waals surface area contributed by atoms with Crippen molar-refractivity contribution in [3.8, 4) is 11.5 Å². The maximum Gasteiger partial charge on any atom is 0.255 e. The summed E-state index contributed by atoms with van der Waals surface area (Å²) in [5.41, 5.74) is 3.15. The average molecular weight is 429 g/mol. The molecule has 0 unspecified atom stereocenters. The minimum Gasteiger partial charge on any atom is -0.507 e. The summed E-state index contributed by atoms with van der Waals surface area (Å²) in [6.07, 6.45) is 8.32. The van der Waals surface area contributed by atoms with Gasteiger partial charge in [-0.15, -0.1) is 0 Å². The number of rotatable bonds is 8. The van der Waals surface area contributed by atoms with Gasteiger partial charge in [-0.2, -0.15) is 0 Å². The molecule has 5 nitrogen and oxygen atoms in total. The highest BCUT2D eigenvalue weighted by molar-refractivity contribution is 5.99. The number of fused-ring (bicyclic) bond motifs is 3. The zero-order chi connectivity index (χ0) is 22.8. The largest absolute Gasteiger partial charge is 0.507 e. The van der Waals surface area contributed by atoms with Gasteiger partial charge >= 0.3 is 0 Å². The molecular formula is C26H40N2O3. The first-order valence-electron chi connectivity index (χ1n) is 11.8. The molecule has 31 heavy (non-hydrogen) atoms. The molecule has 0 saturated heterocycles. The van der Waals surface area contributed by atoms with Crippen molar-refractivity contribution in [3.05, 3.63) is 34.4 Å². The Bertz CT molecular complexity index is 842. The molecule has 1 aliphatic carbocycles. The smallest absolute Gasteiger partial charge is 0.255 e. The number of benzene rings is 1. The first-order valence-corrected chi connectivity index (χ1v) is 11.8. The third-order valence-electron chi connectivity index (χ3n) is 6.85. The zero-order valence-corrected chi connectivity index (χ0v) is 20.2. The number of unbranched alkanes of at least 4 members (excludes halogenated alkanes) is 2. The fourth-order valence-electron chi connectivity index (χ4n) is 5.11. The maximum absolute atomic E-state index is 13.2. The second kappa shape index (κ2) is 9.64. The topological polar surface area (TPSA) is 61.8 Å². The average Bonchev–Trinajstić information content (AvgIpc) is 2.66. The molecule has 3 rings (SSSR count). The number of carbonyl (C=O) groups is 1. The Balaban J connectivity index is 2.06. The van der Waals surface area contributed by atoms with E-state index in [0.717, 1.165) is 61.9 Å². The normalized spacial score (nSPS) is 21.7. The summed E-state index contributed by atoms with van der Waals surface area (Å²) >= 11 is 0. The van der Waals surface area contributed by atoms with Crippen molar-refractivity contribution in [2.75, 3.05) is 27.2 Å². The predicted molar refractivity (Wildman–Crippen MR) is 126 cm³/mol. The first kappa shape index (κ1) is 23.6. The van der Waals surface area contributed by atoms with Crippen molar-refractivity contribution in [1.29, 1.82) is 0 Å². The molecule has 0 fully saturated rings. The van der Waals surface area contributed by atoms with Crippen LogP contribution in [-0.4, -0.2) is 48.7 Å². The summed E-state index contributed by atoms with van der Waals surface area (Å²) in [5, 5.41) is 14.5. The van der Waals surface area contributed by atoms with Crippen LogP contribution in [0.15, 0.2) is 17.7 Å². The molecule has 2 atom stereocenters. The quantitative estimate of drug-likeness (QED) is 0.450. The Morgan fingerprint density at radius 2 is 2.06 bits per heavy atom. The van der Waals surface area contributed by atoms with Crippen LogP contribution in [0.3, 0.4) is 0 Å². The minimum absolute atomic E-state index is 0.0746. The molecular weight excluding hydrogens is 388 g/mol. The molecule has 1 heterocycles. The molecule has 5 heteroatoms. The summed E-state index contributed by atoms with van der Waals surface area (Å²) in [5.74, 6) is 1.02. The Kier molecular flexibility index (Phi) is 7.35. The summed E-state index contributed by atoms with van der Waals surface area (Å²) in [6.45, 7) is 9.93. The van der Waals surface area contributed by atoms with Crippen LogP contribution in [0.1, 0.15) is 87.2 Å². The van der Waals surface area contributed by atoms with E-state index in [2.05, 4.69) is 39.1 Å².